The van der Waals surface area contributed by atoms with E-state index in [2.05, 4.69) is 15.4 Å². The number of aliphatic hydroxyl groups is 1. The lowest BCUT2D eigenvalue weighted by Gasteiger charge is -2.18. The number of amides is 2. The number of hydrogen-bond acceptors (Lipinski definition) is 6. The number of aliphatic hydroxyl groups excluding tert-OH is 1. The van der Waals surface area contributed by atoms with E-state index in [0.29, 0.717) is 4.88 Å². The van der Waals surface area contributed by atoms with E-state index in [1.165, 1.54) is 18.3 Å². The third-order valence-corrected chi connectivity index (χ3v) is 3.34. The normalized spacial score (nSPS) is 13.2. The van der Waals surface area contributed by atoms with Gasteiger partial charge in [0.05, 0.1) is 18.6 Å². The first-order chi connectivity index (χ1) is 9.49. The van der Waals surface area contributed by atoms with E-state index in [0.717, 1.165) is 7.11 Å². The van der Waals surface area contributed by atoms with E-state index in [4.69, 9.17) is 5.11 Å². The van der Waals surface area contributed by atoms with Gasteiger partial charge in [0.2, 0.25) is 5.91 Å². The van der Waals surface area contributed by atoms with Gasteiger partial charge in [-0.1, -0.05) is 6.07 Å². The molecule has 0 aliphatic rings. The van der Waals surface area contributed by atoms with E-state index in [1.807, 2.05) is 0 Å². The fourth-order valence-electron chi connectivity index (χ4n) is 1.36. The molecule has 1 rings (SSSR count). The predicted molar refractivity (Wildman–Crippen MR) is 72.3 cm³/mol. The highest BCUT2D eigenvalue weighted by Crippen LogP contribution is 2.08. The summed E-state index contributed by atoms with van der Waals surface area (Å²) in [4.78, 5) is 35.3. The summed E-state index contributed by atoms with van der Waals surface area (Å²) in [6, 6.07) is 1.37. The molecule has 1 aromatic heterocycles. The molecule has 1 aromatic rings. The molecule has 2 atom stereocenters. The maximum Gasteiger partial charge on any atom is 0.330 e. The Morgan fingerprint density at radius 1 is 1.40 bits per heavy atom. The van der Waals surface area contributed by atoms with Crippen LogP contribution >= 0.6 is 11.3 Å². The Hall–Kier alpha value is -1.93. The number of esters is 1. The van der Waals surface area contributed by atoms with E-state index in [-0.39, 0.29) is 5.91 Å². The second-order valence-corrected chi connectivity index (χ2v) is 4.89. The Bertz CT molecular complexity index is 474. The number of carbonyl (C=O) groups excluding carboxylic acids is 3. The number of thiophene rings is 1. The molecule has 0 saturated carbocycles. The van der Waals surface area contributed by atoms with Gasteiger partial charge >= 0.3 is 5.97 Å². The summed E-state index contributed by atoms with van der Waals surface area (Å²) in [7, 11) is 1.15. The Balaban J connectivity index is 2.54. The third kappa shape index (κ3) is 4.32. The van der Waals surface area contributed by atoms with Gasteiger partial charge < -0.3 is 20.5 Å². The minimum atomic E-state index is -1.14. The van der Waals surface area contributed by atoms with Crippen molar-refractivity contribution in [3.8, 4) is 0 Å². The highest BCUT2D eigenvalue weighted by atomic mass is 32.1. The fraction of sp³-hybridized carbons (Fsp3) is 0.417. The van der Waals surface area contributed by atoms with Crippen LogP contribution in [0.3, 0.4) is 0 Å². The number of ether oxygens (including phenoxy) is 1. The summed E-state index contributed by atoms with van der Waals surface area (Å²) in [6.45, 7) is 0.899. The third-order valence-electron chi connectivity index (χ3n) is 2.47. The van der Waals surface area contributed by atoms with Crippen LogP contribution in [-0.2, 0) is 14.3 Å². The summed E-state index contributed by atoms with van der Waals surface area (Å²) >= 11 is 1.25. The van der Waals surface area contributed by atoms with Crippen LogP contribution in [0.25, 0.3) is 0 Å². The Kier molecular flexibility index (Phi) is 6.13. The lowest BCUT2D eigenvalue weighted by atomic mass is 10.2. The molecule has 0 radical (unpaired) electrons. The van der Waals surface area contributed by atoms with Gasteiger partial charge in [0.25, 0.3) is 5.91 Å². The summed E-state index contributed by atoms with van der Waals surface area (Å²) in [6.07, 6.45) is 0. The zero-order valence-electron chi connectivity index (χ0n) is 11.1. The maximum absolute atomic E-state index is 11.8. The lowest BCUT2D eigenvalue weighted by molar-refractivity contribution is -0.146. The van der Waals surface area contributed by atoms with Gasteiger partial charge in [-0.3, -0.25) is 9.59 Å². The molecule has 3 N–H and O–H groups in total. The molecule has 7 nitrogen and oxygen atoms in total. The van der Waals surface area contributed by atoms with Crippen molar-refractivity contribution in [3.05, 3.63) is 22.4 Å². The zero-order chi connectivity index (χ0) is 15.1. The molecule has 110 valence electrons. The molecule has 0 spiro atoms. The molecule has 0 saturated heterocycles. The van der Waals surface area contributed by atoms with Gasteiger partial charge in [0.15, 0.2) is 6.04 Å². The van der Waals surface area contributed by atoms with Gasteiger partial charge in [-0.15, -0.1) is 11.3 Å². The smallest absolute Gasteiger partial charge is 0.330 e. The maximum atomic E-state index is 11.8. The summed E-state index contributed by atoms with van der Waals surface area (Å²) in [5.74, 6) is -1.71. The fourth-order valence-corrected chi connectivity index (χ4v) is 1.99. The summed E-state index contributed by atoms with van der Waals surface area (Å²) < 4.78 is 4.42. The average Bonchev–Trinajstić information content (AvgIpc) is 2.97. The largest absolute Gasteiger partial charge is 0.467 e. The molecule has 20 heavy (non-hydrogen) atoms. The first-order valence-corrected chi connectivity index (χ1v) is 6.71. The molecule has 0 aliphatic heterocycles. The van der Waals surface area contributed by atoms with Crippen molar-refractivity contribution >= 4 is 29.1 Å². The molecular formula is C12H16N2O5S. The van der Waals surface area contributed by atoms with E-state index < -0.39 is 30.6 Å². The van der Waals surface area contributed by atoms with Crippen molar-refractivity contribution in [2.24, 2.45) is 0 Å². The first kappa shape index (κ1) is 16.1. The Labute approximate surface area is 119 Å². The second-order valence-electron chi connectivity index (χ2n) is 3.94. The van der Waals surface area contributed by atoms with Crippen molar-refractivity contribution in [1.29, 1.82) is 0 Å². The SMILES string of the molecule is COC(=O)C(CO)NC(=O)C(C)NC(=O)c1cccs1. The van der Waals surface area contributed by atoms with E-state index in [1.54, 1.807) is 17.5 Å². The van der Waals surface area contributed by atoms with E-state index in [9.17, 15) is 14.4 Å². The van der Waals surface area contributed by atoms with Crippen molar-refractivity contribution in [2.75, 3.05) is 13.7 Å². The molecule has 8 heteroatoms. The van der Waals surface area contributed by atoms with Crippen LogP contribution in [0.4, 0.5) is 0 Å². The molecule has 0 aliphatic carbocycles. The first-order valence-electron chi connectivity index (χ1n) is 5.83. The van der Waals surface area contributed by atoms with Crippen LogP contribution in [0.2, 0.25) is 0 Å². The zero-order valence-corrected chi connectivity index (χ0v) is 11.9. The van der Waals surface area contributed by atoms with Gasteiger partial charge in [0, 0.05) is 0 Å². The van der Waals surface area contributed by atoms with Crippen molar-refractivity contribution in [3.63, 3.8) is 0 Å². The molecule has 0 bridgehead atoms. The molecule has 0 aromatic carbocycles. The van der Waals surface area contributed by atoms with E-state index >= 15 is 0 Å². The van der Waals surface area contributed by atoms with Crippen LogP contribution in [-0.4, -0.2) is 48.7 Å². The number of methoxy groups -OCH3 is 1. The molecule has 2 amide bonds. The molecule has 0 fully saturated rings. The number of carbonyl (C=O) groups is 3. The standard InChI is InChI=1S/C12H16N2O5S/c1-7(13-11(17)9-4-3-5-20-9)10(16)14-8(6-15)12(18)19-2/h3-5,7-8,15H,6H2,1-2H3,(H,13,17)(H,14,16). The average molecular weight is 300 g/mol. The van der Waals surface area contributed by atoms with Crippen molar-refractivity contribution < 1.29 is 24.2 Å². The lowest BCUT2D eigenvalue weighted by Crippen LogP contribution is -2.51. The van der Waals surface area contributed by atoms with Gasteiger partial charge in [0.1, 0.15) is 6.04 Å². The topological polar surface area (TPSA) is 105 Å². The molecule has 1 heterocycles. The number of rotatable bonds is 6. The van der Waals surface area contributed by atoms with Gasteiger partial charge in [-0.25, -0.2) is 4.79 Å². The molecule has 2 unspecified atom stereocenters. The highest BCUT2D eigenvalue weighted by molar-refractivity contribution is 7.12. The van der Waals surface area contributed by atoms with Crippen molar-refractivity contribution in [2.45, 2.75) is 19.0 Å². The monoisotopic (exact) mass is 300 g/mol. The summed E-state index contributed by atoms with van der Waals surface area (Å²) in [5, 5.41) is 15.5. The van der Waals surface area contributed by atoms with Crippen LogP contribution in [0, 0.1) is 0 Å². The van der Waals surface area contributed by atoms with Crippen LogP contribution < -0.4 is 10.6 Å². The quantitative estimate of drug-likeness (QED) is 0.615. The number of hydrogen-bond donors (Lipinski definition) is 3. The molecular weight excluding hydrogens is 284 g/mol. The van der Waals surface area contributed by atoms with Crippen LogP contribution in [0.1, 0.15) is 16.6 Å². The van der Waals surface area contributed by atoms with Crippen LogP contribution in [0.15, 0.2) is 17.5 Å². The predicted octanol–water partition coefficient (Wildman–Crippen LogP) is -0.484. The Morgan fingerprint density at radius 2 is 2.10 bits per heavy atom. The Morgan fingerprint density at radius 3 is 2.60 bits per heavy atom. The van der Waals surface area contributed by atoms with Gasteiger partial charge in [-0.05, 0) is 18.4 Å². The number of nitrogens with one attached hydrogen (secondary N) is 2. The second kappa shape index (κ2) is 7.61. The summed E-state index contributed by atoms with van der Waals surface area (Å²) in [5.41, 5.74) is 0. The van der Waals surface area contributed by atoms with Crippen molar-refractivity contribution in [1.82, 2.24) is 10.6 Å². The minimum Gasteiger partial charge on any atom is -0.467 e. The minimum absolute atomic E-state index is 0.374. The van der Waals surface area contributed by atoms with Gasteiger partial charge in [-0.2, -0.15) is 0 Å². The highest BCUT2D eigenvalue weighted by Gasteiger charge is 2.24. The van der Waals surface area contributed by atoms with Crippen LogP contribution in [0.5, 0.6) is 0 Å².